The predicted molar refractivity (Wildman–Crippen MR) is 65.5 cm³/mol. The molecule has 2 unspecified atom stereocenters. The quantitative estimate of drug-likeness (QED) is 0.712. The number of hydrogen-bond acceptors (Lipinski definition) is 1. The van der Waals surface area contributed by atoms with E-state index in [2.05, 4.69) is 53.8 Å². The normalized spacial score (nSPS) is 17.1. The van der Waals surface area contributed by atoms with E-state index >= 15 is 0 Å². The van der Waals surface area contributed by atoms with E-state index in [9.17, 15) is 0 Å². The van der Waals surface area contributed by atoms with Gasteiger partial charge in [0.2, 0.25) is 0 Å². The van der Waals surface area contributed by atoms with Crippen LogP contribution in [0.2, 0.25) is 0 Å². The Labute approximate surface area is 90.7 Å². The van der Waals surface area contributed by atoms with Crippen LogP contribution < -0.4 is 5.32 Å². The van der Waals surface area contributed by atoms with E-state index in [1.807, 2.05) is 0 Å². The number of rotatable bonds is 5. The molecule has 1 heteroatoms. The summed E-state index contributed by atoms with van der Waals surface area (Å²) in [7, 11) is 0. The molecule has 14 heavy (non-hydrogen) atoms. The molecule has 0 aliphatic rings. The Morgan fingerprint density at radius 3 is 1.86 bits per heavy atom. The predicted octanol–water partition coefficient (Wildman–Crippen LogP) is 3.69. The van der Waals surface area contributed by atoms with Gasteiger partial charge in [0, 0.05) is 6.04 Å². The van der Waals surface area contributed by atoms with Gasteiger partial charge in [-0.1, -0.05) is 54.9 Å². The highest BCUT2D eigenvalue weighted by Gasteiger charge is 2.28. The fourth-order valence-electron chi connectivity index (χ4n) is 2.01. The second kappa shape index (κ2) is 5.75. The summed E-state index contributed by atoms with van der Waals surface area (Å²) >= 11 is 0. The van der Waals surface area contributed by atoms with Crippen molar-refractivity contribution in [2.24, 2.45) is 17.3 Å². The average Bonchev–Trinajstić information content (AvgIpc) is 2.01. The molecule has 0 radical (unpaired) electrons. The Bertz CT molecular complexity index is 144. The van der Waals surface area contributed by atoms with Crippen LogP contribution in [0.5, 0.6) is 0 Å². The minimum atomic E-state index is 0.414. The van der Waals surface area contributed by atoms with Crippen molar-refractivity contribution in [2.45, 2.75) is 60.9 Å². The molecule has 1 N–H and O–H groups in total. The van der Waals surface area contributed by atoms with Crippen molar-refractivity contribution in [3.63, 3.8) is 0 Å². The molecule has 1 nitrogen and oxygen atoms in total. The Morgan fingerprint density at radius 2 is 1.57 bits per heavy atom. The van der Waals surface area contributed by atoms with Gasteiger partial charge in [0.05, 0.1) is 0 Å². The maximum absolute atomic E-state index is 3.57. The van der Waals surface area contributed by atoms with Crippen LogP contribution in [0.15, 0.2) is 0 Å². The Balaban J connectivity index is 4.26. The molecule has 86 valence electrons. The highest BCUT2D eigenvalue weighted by atomic mass is 14.9. The van der Waals surface area contributed by atoms with Gasteiger partial charge in [0.1, 0.15) is 0 Å². The third-order valence-corrected chi connectivity index (χ3v) is 3.19. The van der Waals surface area contributed by atoms with Gasteiger partial charge < -0.3 is 5.32 Å². The van der Waals surface area contributed by atoms with Crippen molar-refractivity contribution in [3.8, 4) is 0 Å². The zero-order chi connectivity index (χ0) is 11.4. The van der Waals surface area contributed by atoms with Gasteiger partial charge in [0.25, 0.3) is 0 Å². The third-order valence-electron chi connectivity index (χ3n) is 3.19. The Hall–Kier alpha value is -0.0400. The van der Waals surface area contributed by atoms with Gasteiger partial charge in [-0.15, -0.1) is 0 Å². The summed E-state index contributed by atoms with van der Waals surface area (Å²) < 4.78 is 0. The van der Waals surface area contributed by atoms with Gasteiger partial charge in [-0.25, -0.2) is 0 Å². The molecule has 0 aromatic rings. The molecule has 0 amide bonds. The molecular weight excluding hydrogens is 170 g/mol. The standard InChI is InChI=1S/C13H29N/c1-8-11(4)12(13(5,6)7)9-14-10(2)3/h10-12,14H,8-9H2,1-7H3. The highest BCUT2D eigenvalue weighted by Crippen LogP contribution is 2.33. The van der Waals surface area contributed by atoms with Crippen LogP contribution in [0.4, 0.5) is 0 Å². The van der Waals surface area contributed by atoms with Gasteiger partial charge in [-0.05, 0) is 23.8 Å². The summed E-state index contributed by atoms with van der Waals surface area (Å²) in [5.74, 6) is 1.58. The highest BCUT2D eigenvalue weighted by molar-refractivity contribution is 4.80. The summed E-state index contributed by atoms with van der Waals surface area (Å²) in [4.78, 5) is 0. The van der Waals surface area contributed by atoms with E-state index in [1.165, 1.54) is 6.42 Å². The Morgan fingerprint density at radius 1 is 1.07 bits per heavy atom. The van der Waals surface area contributed by atoms with Gasteiger partial charge in [-0.2, -0.15) is 0 Å². The molecule has 0 aromatic heterocycles. The molecule has 0 aliphatic heterocycles. The van der Waals surface area contributed by atoms with Crippen molar-refractivity contribution < 1.29 is 0 Å². The maximum atomic E-state index is 3.57. The summed E-state index contributed by atoms with van der Waals surface area (Å²) in [6.07, 6.45) is 1.28. The topological polar surface area (TPSA) is 12.0 Å². The SMILES string of the molecule is CCC(C)C(CNC(C)C)C(C)(C)C. The molecular formula is C13H29N. The zero-order valence-electron chi connectivity index (χ0n) is 11.1. The van der Waals surface area contributed by atoms with E-state index in [-0.39, 0.29) is 0 Å². The van der Waals surface area contributed by atoms with Gasteiger partial charge >= 0.3 is 0 Å². The molecule has 0 spiro atoms. The Kier molecular flexibility index (Phi) is 5.73. The van der Waals surface area contributed by atoms with Crippen molar-refractivity contribution in [3.05, 3.63) is 0 Å². The van der Waals surface area contributed by atoms with Gasteiger partial charge in [0.15, 0.2) is 0 Å². The van der Waals surface area contributed by atoms with Crippen LogP contribution in [-0.2, 0) is 0 Å². The van der Waals surface area contributed by atoms with E-state index in [0.717, 1.165) is 18.4 Å². The lowest BCUT2D eigenvalue weighted by molar-refractivity contribution is 0.157. The lowest BCUT2D eigenvalue weighted by Crippen LogP contribution is -2.38. The summed E-state index contributed by atoms with van der Waals surface area (Å²) in [5.41, 5.74) is 0.414. The molecule has 2 atom stereocenters. The number of nitrogens with one attached hydrogen (secondary N) is 1. The monoisotopic (exact) mass is 199 g/mol. The van der Waals surface area contributed by atoms with Crippen molar-refractivity contribution in [1.82, 2.24) is 5.32 Å². The van der Waals surface area contributed by atoms with E-state index in [0.29, 0.717) is 11.5 Å². The molecule has 0 fully saturated rings. The van der Waals surface area contributed by atoms with E-state index in [4.69, 9.17) is 0 Å². The minimum Gasteiger partial charge on any atom is -0.314 e. The van der Waals surface area contributed by atoms with Crippen LogP contribution in [-0.4, -0.2) is 12.6 Å². The molecule has 0 rings (SSSR count). The van der Waals surface area contributed by atoms with E-state index in [1.54, 1.807) is 0 Å². The second-order valence-corrected chi connectivity index (χ2v) is 5.92. The fourth-order valence-corrected chi connectivity index (χ4v) is 2.01. The molecule has 0 saturated carbocycles. The smallest absolute Gasteiger partial charge is 0.00104 e. The lowest BCUT2D eigenvalue weighted by Gasteiger charge is -2.36. The summed E-state index contributed by atoms with van der Waals surface area (Å²) in [6.45, 7) is 17.3. The van der Waals surface area contributed by atoms with Crippen LogP contribution >= 0.6 is 0 Å². The number of hydrogen-bond donors (Lipinski definition) is 1. The fraction of sp³-hybridized carbons (Fsp3) is 1.00. The van der Waals surface area contributed by atoms with Crippen molar-refractivity contribution in [1.29, 1.82) is 0 Å². The summed E-state index contributed by atoms with van der Waals surface area (Å²) in [5, 5.41) is 3.57. The van der Waals surface area contributed by atoms with Crippen LogP contribution in [0, 0.1) is 17.3 Å². The van der Waals surface area contributed by atoms with Crippen molar-refractivity contribution in [2.75, 3.05) is 6.54 Å². The third kappa shape index (κ3) is 4.99. The lowest BCUT2D eigenvalue weighted by atomic mass is 9.73. The van der Waals surface area contributed by atoms with E-state index < -0.39 is 0 Å². The van der Waals surface area contributed by atoms with Crippen LogP contribution in [0.1, 0.15) is 54.9 Å². The first kappa shape index (κ1) is 14.0. The first-order chi connectivity index (χ1) is 6.29. The largest absolute Gasteiger partial charge is 0.314 e. The molecule has 0 aromatic carbocycles. The molecule has 0 bridgehead atoms. The first-order valence-electron chi connectivity index (χ1n) is 6.02. The molecule has 0 aliphatic carbocycles. The average molecular weight is 199 g/mol. The second-order valence-electron chi connectivity index (χ2n) is 5.92. The maximum Gasteiger partial charge on any atom is 0.00104 e. The van der Waals surface area contributed by atoms with Crippen LogP contribution in [0.25, 0.3) is 0 Å². The molecule has 0 saturated heterocycles. The molecule has 0 heterocycles. The van der Waals surface area contributed by atoms with Crippen LogP contribution in [0.3, 0.4) is 0 Å². The zero-order valence-corrected chi connectivity index (χ0v) is 11.1. The van der Waals surface area contributed by atoms with Gasteiger partial charge in [-0.3, -0.25) is 0 Å². The minimum absolute atomic E-state index is 0.414. The van der Waals surface area contributed by atoms with Crippen molar-refractivity contribution >= 4 is 0 Å². The first-order valence-corrected chi connectivity index (χ1v) is 6.02. The summed E-state index contributed by atoms with van der Waals surface area (Å²) in [6, 6.07) is 0.601.